The maximum absolute atomic E-state index is 12.4. The molecule has 4 heteroatoms. The zero-order chi connectivity index (χ0) is 14.2. The summed E-state index contributed by atoms with van der Waals surface area (Å²) in [7, 11) is 0. The molecule has 1 saturated heterocycles. The number of hydrogen-bond donors (Lipinski definition) is 2. The fraction of sp³-hybridized carbons (Fsp3) is 0.438. The molecule has 106 valence electrons. The number of amides is 1. The van der Waals surface area contributed by atoms with Crippen LogP contribution in [0, 0.1) is 0 Å². The van der Waals surface area contributed by atoms with Gasteiger partial charge in [0.2, 0.25) is 0 Å². The van der Waals surface area contributed by atoms with Crippen molar-refractivity contribution in [3.63, 3.8) is 0 Å². The summed E-state index contributed by atoms with van der Waals surface area (Å²) in [6.45, 7) is 4.83. The monoisotopic (exact) mass is 272 g/mol. The van der Waals surface area contributed by atoms with Crippen molar-refractivity contribution >= 4 is 16.8 Å². The zero-order valence-corrected chi connectivity index (χ0v) is 11.9. The van der Waals surface area contributed by atoms with Gasteiger partial charge in [-0.25, -0.2) is 0 Å². The van der Waals surface area contributed by atoms with Crippen LogP contribution in [0.3, 0.4) is 0 Å². The molecule has 3 rings (SSSR count). The van der Waals surface area contributed by atoms with E-state index in [-0.39, 0.29) is 17.6 Å². The van der Waals surface area contributed by atoms with Gasteiger partial charge in [0.05, 0.1) is 11.2 Å². The van der Waals surface area contributed by atoms with Gasteiger partial charge in [0.1, 0.15) is 0 Å². The van der Waals surface area contributed by atoms with E-state index in [1.165, 1.54) is 0 Å². The van der Waals surface area contributed by atoms with Gasteiger partial charge in [-0.2, -0.15) is 0 Å². The van der Waals surface area contributed by atoms with Crippen molar-refractivity contribution in [2.45, 2.75) is 38.3 Å². The molecule has 4 nitrogen and oxygen atoms in total. The van der Waals surface area contributed by atoms with Crippen LogP contribution in [0.15, 0.2) is 30.5 Å². The number of nitrogens with one attached hydrogen (secondary N) is 2. The number of aromatic nitrogens is 1. The average molecular weight is 272 g/mol. The molecule has 1 unspecified atom stereocenters. The van der Waals surface area contributed by atoms with E-state index in [0.29, 0.717) is 12.2 Å². The standard InChI is InChI=1S/C16H20N2O2/c1-16(2)9-11(7-8-20-16)18-15(19)13-10-17-14-6-4-3-5-12(13)14/h3-6,10-11,17H,7-9H2,1-2H3,(H,18,19). The molecule has 0 bridgehead atoms. The van der Waals surface area contributed by atoms with Crippen LogP contribution in [0.25, 0.3) is 10.9 Å². The Morgan fingerprint density at radius 1 is 1.40 bits per heavy atom. The van der Waals surface area contributed by atoms with Crippen molar-refractivity contribution in [2.75, 3.05) is 6.61 Å². The number of fused-ring (bicyclic) bond motifs is 1. The number of H-pyrrole nitrogens is 1. The van der Waals surface area contributed by atoms with Crippen molar-refractivity contribution in [1.82, 2.24) is 10.3 Å². The number of aromatic amines is 1. The first-order valence-electron chi connectivity index (χ1n) is 7.06. The first kappa shape index (κ1) is 13.2. The van der Waals surface area contributed by atoms with Gasteiger partial charge in [-0.3, -0.25) is 4.79 Å². The van der Waals surface area contributed by atoms with Crippen LogP contribution in [-0.4, -0.2) is 29.1 Å². The molecular weight excluding hydrogens is 252 g/mol. The van der Waals surface area contributed by atoms with Crippen LogP contribution in [0.1, 0.15) is 37.0 Å². The molecule has 0 aliphatic carbocycles. The van der Waals surface area contributed by atoms with Crippen molar-refractivity contribution < 1.29 is 9.53 Å². The Bertz CT molecular complexity index is 630. The van der Waals surface area contributed by atoms with Gasteiger partial charge < -0.3 is 15.0 Å². The molecule has 0 saturated carbocycles. The minimum absolute atomic E-state index is 0.00912. The minimum atomic E-state index is -0.156. The molecule has 2 heterocycles. The number of carbonyl (C=O) groups excluding carboxylic acids is 1. The maximum Gasteiger partial charge on any atom is 0.253 e. The molecule has 1 aromatic carbocycles. The Morgan fingerprint density at radius 3 is 3.00 bits per heavy atom. The van der Waals surface area contributed by atoms with Crippen LogP contribution in [0.2, 0.25) is 0 Å². The number of carbonyl (C=O) groups is 1. The third-order valence-electron chi connectivity index (χ3n) is 3.87. The van der Waals surface area contributed by atoms with E-state index >= 15 is 0 Å². The van der Waals surface area contributed by atoms with Crippen LogP contribution >= 0.6 is 0 Å². The Hall–Kier alpha value is -1.81. The molecule has 1 amide bonds. The van der Waals surface area contributed by atoms with E-state index in [9.17, 15) is 4.79 Å². The van der Waals surface area contributed by atoms with Crippen molar-refractivity contribution in [3.05, 3.63) is 36.0 Å². The lowest BCUT2D eigenvalue weighted by Crippen LogP contribution is -2.45. The highest BCUT2D eigenvalue weighted by molar-refractivity contribution is 6.06. The molecule has 1 atom stereocenters. The van der Waals surface area contributed by atoms with Crippen molar-refractivity contribution in [1.29, 1.82) is 0 Å². The molecule has 20 heavy (non-hydrogen) atoms. The highest BCUT2D eigenvalue weighted by atomic mass is 16.5. The van der Waals surface area contributed by atoms with E-state index in [0.717, 1.165) is 23.7 Å². The number of hydrogen-bond acceptors (Lipinski definition) is 2. The van der Waals surface area contributed by atoms with E-state index in [1.54, 1.807) is 6.20 Å². The number of benzene rings is 1. The van der Waals surface area contributed by atoms with E-state index in [1.807, 2.05) is 24.3 Å². The molecule has 0 spiro atoms. The average Bonchev–Trinajstić information content (AvgIpc) is 2.81. The normalized spacial score (nSPS) is 21.8. The third kappa shape index (κ3) is 2.56. The van der Waals surface area contributed by atoms with Crippen LogP contribution in [-0.2, 0) is 4.74 Å². The molecule has 0 radical (unpaired) electrons. The summed E-state index contributed by atoms with van der Waals surface area (Å²) in [5, 5.41) is 4.10. The second-order valence-corrected chi connectivity index (χ2v) is 6.02. The van der Waals surface area contributed by atoms with Gasteiger partial charge in [0, 0.05) is 29.7 Å². The zero-order valence-electron chi connectivity index (χ0n) is 11.9. The molecule has 1 aliphatic heterocycles. The predicted octanol–water partition coefficient (Wildman–Crippen LogP) is 2.86. The molecule has 1 aliphatic rings. The highest BCUT2D eigenvalue weighted by Gasteiger charge is 2.30. The summed E-state index contributed by atoms with van der Waals surface area (Å²) in [4.78, 5) is 15.6. The lowest BCUT2D eigenvalue weighted by molar-refractivity contribution is -0.0615. The fourth-order valence-corrected chi connectivity index (χ4v) is 2.88. The largest absolute Gasteiger partial charge is 0.375 e. The number of para-hydroxylation sites is 1. The van der Waals surface area contributed by atoms with Gasteiger partial charge in [0.15, 0.2) is 0 Å². The first-order valence-corrected chi connectivity index (χ1v) is 7.06. The summed E-state index contributed by atoms with van der Waals surface area (Å²) in [5.74, 6) is -0.00912. The smallest absolute Gasteiger partial charge is 0.253 e. The van der Waals surface area contributed by atoms with Crippen molar-refractivity contribution in [3.8, 4) is 0 Å². The minimum Gasteiger partial charge on any atom is -0.375 e. The summed E-state index contributed by atoms with van der Waals surface area (Å²) < 4.78 is 5.68. The Labute approximate surface area is 118 Å². The SMILES string of the molecule is CC1(C)CC(NC(=O)c2c[nH]c3ccccc23)CCO1. The summed E-state index contributed by atoms with van der Waals surface area (Å²) in [5.41, 5.74) is 1.55. The van der Waals surface area contributed by atoms with Crippen LogP contribution in [0.5, 0.6) is 0 Å². The fourth-order valence-electron chi connectivity index (χ4n) is 2.88. The van der Waals surface area contributed by atoms with E-state index in [2.05, 4.69) is 24.1 Å². The molecular formula is C16H20N2O2. The first-order chi connectivity index (χ1) is 9.55. The van der Waals surface area contributed by atoms with Gasteiger partial charge >= 0.3 is 0 Å². The molecule has 2 N–H and O–H groups in total. The van der Waals surface area contributed by atoms with E-state index < -0.39 is 0 Å². The number of ether oxygens (including phenoxy) is 1. The van der Waals surface area contributed by atoms with E-state index in [4.69, 9.17) is 4.74 Å². The molecule has 1 aromatic heterocycles. The van der Waals surface area contributed by atoms with Gasteiger partial charge in [-0.05, 0) is 32.8 Å². The van der Waals surface area contributed by atoms with Crippen molar-refractivity contribution in [2.24, 2.45) is 0 Å². The highest BCUT2D eigenvalue weighted by Crippen LogP contribution is 2.25. The van der Waals surface area contributed by atoms with Crippen LogP contribution in [0.4, 0.5) is 0 Å². The second-order valence-electron chi connectivity index (χ2n) is 6.02. The van der Waals surface area contributed by atoms with Crippen LogP contribution < -0.4 is 5.32 Å². The second kappa shape index (κ2) is 4.94. The molecule has 2 aromatic rings. The Kier molecular flexibility index (Phi) is 3.26. The van der Waals surface area contributed by atoms with Gasteiger partial charge in [0.25, 0.3) is 5.91 Å². The topological polar surface area (TPSA) is 54.1 Å². The Balaban J connectivity index is 1.76. The molecule has 1 fully saturated rings. The predicted molar refractivity (Wildman–Crippen MR) is 78.8 cm³/mol. The number of rotatable bonds is 2. The van der Waals surface area contributed by atoms with Gasteiger partial charge in [-0.15, -0.1) is 0 Å². The quantitative estimate of drug-likeness (QED) is 0.883. The third-order valence-corrected chi connectivity index (χ3v) is 3.87. The summed E-state index contributed by atoms with van der Waals surface area (Å²) in [6.07, 6.45) is 3.50. The summed E-state index contributed by atoms with van der Waals surface area (Å²) >= 11 is 0. The summed E-state index contributed by atoms with van der Waals surface area (Å²) in [6, 6.07) is 8.03. The van der Waals surface area contributed by atoms with Gasteiger partial charge in [-0.1, -0.05) is 18.2 Å². The maximum atomic E-state index is 12.4. The lowest BCUT2D eigenvalue weighted by atomic mass is 9.94. The Morgan fingerprint density at radius 2 is 2.20 bits per heavy atom. The lowest BCUT2D eigenvalue weighted by Gasteiger charge is -2.35.